The van der Waals surface area contributed by atoms with Crippen molar-refractivity contribution >= 4 is 51.2 Å². The number of para-hydroxylation sites is 3. The van der Waals surface area contributed by atoms with Crippen molar-refractivity contribution < 1.29 is 23.9 Å². The first-order valence-corrected chi connectivity index (χ1v) is 11.4. The lowest BCUT2D eigenvalue weighted by molar-refractivity contribution is -0.136. The van der Waals surface area contributed by atoms with Gasteiger partial charge in [-0.15, -0.1) is 0 Å². The topological polar surface area (TPSA) is 118 Å². The Morgan fingerprint density at radius 1 is 0.857 bits per heavy atom. The SMILES string of the molecule is CCOc1ccccc1NC(=O)C(=O)N/N=C\c1ccccc1OCC(=O)Nc1ccc(Br)cc1. The van der Waals surface area contributed by atoms with E-state index in [9.17, 15) is 14.4 Å². The maximum absolute atomic E-state index is 12.2. The first-order chi connectivity index (χ1) is 17.0. The van der Waals surface area contributed by atoms with E-state index >= 15 is 0 Å². The molecule has 0 aliphatic carbocycles. The average Bonchev–Trinajstić information content (AvgIpc) is 2.86. The van der Waals surface area contributed by atoms with E-state index in [0.717, 1.165) is 4.47 Å². The standard InChI is InChI=1S/C25H23BrN4O5/c1-2-34-22-10-6-4-8-20(22)29-24(32)25(33)30-27-15-17-7-3-5-9-21(17)35-16-23(31)28-19-13-11-18(26)12-14-19/h3-15H,2,16H2,1H3,(H,28,31)(H,29,32)(H,30,33)/b27-15-. The first kappa shape index (κ1) is 25.4. The summed E-state index contributed by atoms with van der Waals surface area (Å²) >= 11 is 3.34. The highest BCUT2D eigenvalue weighted by atomic mass is 79.9. The summed E-state index contributed by atoms with van der Waals surface area (Å²) in [5.41, 5.74) is 3.69. The summed E-state index contributed by atoms with van der Waals surface area (Å²) in [5.74, 6) is -1.36. The number of hydrogen-bond donors (Lipinski definition) is 3. The van der Waals surface area contributed by atoms with Crippen LogP contribution in [0.15, 0.2) is 82.4 Å². The summed E-state index contributed by atoms with van der Waals surface area (Å²) in [6.07, 6.45) is 1.32. The van der Waals surface area contributed by atoms with Crippen molar-refractivity contribution in [2.45, 2.75) is 6.92 Å². The van der Waals surface area contributed by atoms with Crippen LogP contribution >= 0.6 is 15.9 Å². The van der Waals surface area contributed by atoms with Crippen molar-refractivity contribution in [1.82, 2.24) is 5.43 Å². The molecule has 10 heteroatoms. The van der Waals surface area contributed by atoms with Gasteiger partial charge in [0, 0.05) is 15.7 Å². The largest absolute Gasteiger partial charge is 0.492 e. The van der Waals surface area contributed by atoms with Gasteiger partial charge in [-0.05, 0) is 55.5 Å². The Bertz CT molecular complexity index is 1210. The van der Waals surface area contributed by atoms with Crippen LogP contribution in [-0.4, -0.2) is 37.1 Å². The molecule has 0 radical (unpaired) electrons. The molecular formula is C25H23BrN4O5. The zero-order chi connectivity index (χ0) is 25.0. The van der Waals surface area contributed by atoms with E-state index in [-0.39, 0.29) is 12.5 Å². The molecule has 9 nitrogen and oxygen atoms in total. The average molecular weight is 539 g/mol. The number of anilines is 2. The third-order valence-corrected chi connectivity index (χ3v) is 4.95. The lowest BCUT2D eigenvalue weighted by Gasteiger charge is -2.10. The second-order valence-electron chi connectivity index (χ2n) is 6.96. The molecule has 3 rings (SSSR count). The lowest BCUT2D eigenvalue weighted by Crippen LogP contribution is -2.32. The molecule has 180 valence electrons. The van der Waals surface area contributed by atoms with Crippen molar-refractivity contribution in [3.05, 3.63) is 82.8 Å². The van der Waals surface area contributed by atoms with E-state index in [4.69, 9.17) is 9.47 Å². The smallest absolute Gasteiger partial charge is 0.329 e. The fourth-order valence-electron chi connectivity index (χ4n) is 2.83. The number of rotatable bonds is 9. The Labute approximate surface area is 210 Å². The van der Waals surface area contributed by atoms with E-state index in [0.29, 0.717) is 35.0 Å². The Balaban J connectivity index is 1.54. The first-order valence-electron chi connectivity index (χ1n) is 10.6. The Kier molecular flexibility index (Phi) is 9.38. The van der Waals surface area contributed by atoms with Gasteiger partial charge in [-0.25, -0.2) is 5.43 Å². The number of carbonyl (C=O) groups is 3. The number of carbonyl (C=O) groups excluding carboxylic acids is 3. The van der Waals surface area contributed by atoms with Crippen LogP contribution in [0.3, 0.4) is 0 Å². The van der Waals surface area contributed by atoms with Gasteiger partial charge < -0.3 is 20.1 Å². The van der Waals surface area contributed by atoms with Crippen molar-refractivity contribution in [3.63, 3.8) is 0 Å². The van der Waals surface area contributed by atoms with Gasteiger partial charge in [-0.1, -0.05) is 40.2 Å². The molecule has 0 heterocycles. The van der Waals surface area contributed by atoms with Crippen molar-refractivity contribution in [2.75, 3.05) is 23.8 Å². The van der Waals surface area contributed by atoms with Gasteiger partial charge in [0.1, 0.15) is 11.5 Å². The molecule has 0 saturated carbocycles. The summed E-state index contributed by atoms with van der Waals surface area (Å²) in [5, 5.41) is 9.05. The molecule has 0 aliphatic heterocycles. The fraction of sp³-hybridized carbons (Fsp3) is 0.120. The molecular weight excluding hydrogens is 516 g/mol. The molecule has 0 aromatic heterocycles. The molecule has 0 unspecified atom stereocenters. The minimum Gasteiger partial charge on any atom is -0.492 e. The van der Waals surface area contributed by atoms with Gasteiger partial charge in [0.15, 0.2) is 6.61 Å². The third-order valence-electron chi connectivity index (χ3n) is 4.42. The second kappa shape index (κ2) is 12.9. The molecule has 0 saturated heterocycles. The number of nitrogens with one attached hydrogen (secondary N) is 3. The predicted molar refractivity (Wildman–Crippen MR) is 137 cm³/mol. The highest BCUT2D eigenvalue weighted by Gasteiger charge is 2.15. The van der Waals surface area contributed by atoms with Gasteiger partial charge >= 0.3 is 11.8 Å². The normalized spacial score (nSPS) is 10.5. The number of nitrogens with zero attached hydrogens (tertiary/aromatic N) is 1. The van der Waals surface area contributed by atoms with Crippen LogP contribution in [0, 0.1) is 0 Å². The van der Waals surface area contributed by atoms with Crippen LogP contribution < -0.4 is 25.5 Å². The van der Waals surface area contributed by atoms with Gasteiger partial charge in [-0.3, -0.25) is 14.4 Å². The van der Waals surface area contributed by atoms with Crippen molar-refractivity contribution in [1.29, 1.82) is 0 Å². The van der Waals surface area contributed by atoms with E-state index in [1.165, 1.54) is 6.21 Å². The Morgan fingerprint density at radius 2 is 1.54 bits per heavy atom. The zero-order valence-corrected chi connectivity index (χ0v) is 20.4. The fourth-order valence-corrected chi connectivity index (χ4v) is 3.10. The number of halogens is 1. The van der Waals surface area contributed by atoms with Gasteiger partial charge in [0.25, 0.3) is 5.91 Å². The number of ether oxygens (including phenoxy) is 2. The van der Waals surface area contributed by atoms with E-state index in [1.807, 2.05) is 19.1 Å². The summed E-state index contributed by atoms with van der Waals surface area (Å²) in [6.45, 7) is 2.00. The second-order valence-corrected chi connectivity index (χ2v) is 7.88. The van der Waals surface area contributed by atoms with Gasteiger partial charge in [-0.2, -0.15) is 5.10 Å². The van der Waals surface area contributed by atoms with Crippen molar-refractivity contribution in [3.8, 4) is 11.5 Å². The summed E-state index contributed by atoms with van der Waals surface area (Å²) < 4.78 is 11.9. The minimum atomic E-state index is -0.958. The van der Waals surface area contributed by atoms with E-state index in [2.05, 4.69) is 37.1 Å². The number of hydrazone groups is 1. The lowest BCUT2D eigenvalue weighted by atomic mass is 10.2. The third kappa shape index (κ3) is 7.97. The van der Waals surface area contributed by atoms with Crippen LogP contribution in [-0.2, 0) is 14.4 Å². The van der Waals surface area contributed by atoms with Crippen LogP contribution in [0.4, 0.5) is 11.4 Å². The van der Waals surface area contributed by atoms with Crippen molar-refractivity contribution in [2.24, 2.45) is 5.10 Å². The Morgan fingerprint density at radius 3 is 2.29 bits per heavy atom. The number of benzene rings is 3. The van der Waals surface area contributed by atoms with Crippen LogP contribution in [0.1, 0.15) is 12.5 Å². The van der Waals surface area contributed by atoms with Crippen LogP contribution in [0.2, 0.25) is 0 Å². The summed E-state index contributed by atoms with van der Waals surface area (Å²) in [7, 11) is 0. The molecule has 35 heavy (non-hydrogen) atoms. The number of amides is 3. The van der Waals surface area contributed by atoms with Crippen LogP contribution in [0.5, 0.6) is 11.5 Å². The molecule has 3 aromatic carbocycles. The molecule has 0 fully saturated rings. The maximum Gasteiger partial charge on any atom is 0.329 e. The Hall–Kier alpha value is -4.18. The molecule has 3 amide bonds. The molecule has 3 N–H and O–H groups in total. The van der Waals surface area contributed by atoms with Gasteiger partial charge in [0.2, 0.25) is 0 Å². The summed E-state index contributed by atoms with van der Waals surface area (Å²) in [4.78, 5) is 36.5. The summed E-state index contributed by atoms with van der Waals surface area (Å²) in [6, 6.07) is 20.8. The maximum atomic E-state index is 12.2. The monoisotopic (exact) mass is 538 g/mol. The van der Waals surface area contributed by atoms with E-state index in [1.54, 1.807) is 60.7 Å². The van der Waals surface area contributed by atoms with Crippen LogP contribution in [0.25, 0.3) is 0 Å². The highest BCUT2D eigenvalue weighted by molar-refractivity contribution is 9.10. The minimum absolute atomic E-state index is 0.227. The molecule has 0 spiro atoms. The predicted octanol–water partition coefficient (Wildman–Crippen LogP) is 3.95. The molecule has 0 bridgehead atoms. The quantitative estimate of drug-likeness (QED) is 0.216. The molecule has 3 aromatic rings. The zero-order valence-electron chi connectivity index (χ0n) is 18.8. The number of hydrogen-bond acceptors (Lipinski definition) is 6. The molecule has 0 aliphatic rings. The highest BCUT2D eigenvalue weighted by Crippen LogP contribution is 2.23. The molecule has 0 atom stereocenters. The van der Waals surface area contributed by atoms with E-state index < -0.39 is 11.8 Å². The van der Waals surface area contributed by atoms with Gasteiger partial charge in [0.05, 0.1) is 18.5 Å².